The van der Waals surface area contributed by atoms with Crippen LogP contribution >= 0.6 is 11.6 Å². The zero-order valence-corrected chi connectivity index (χ0v) is 12.9. The van der Waals surface area contributed by atoms with Gasteiger partial charge in [0.05, 0.1) is 12.4 Å². The van der Waals surface area contributed by atoms with E-state index >= 15 is 0 Å². The summed E-state index contributed by atoms with van der Waals surface area (Å²) in [5, 5.41) is 8.02. The highest BCUT2D eigenvalue weighted by molar-refractivity contribution is 6.32. The Morgan fingerprint density at radius 3 is 2.62 bits per heavy atom. The second-order valence-electron chi connectivity index (χ2n) is 4.99. The van der Waals surface area contributed by atoms with Crippen molar-refractivity contribution in [1.29, 1.82) is 0 Å². The fourth-order valence-corrected chi connectivity index (χ4v) is 1.95. The molecule has 0 aliphatic rings. The first-order chi connectivity index (χ1) is 9.99. The molecule has 0 saturated carbocycles. The number of aryl methyl sites for hydroxylation is 1. The number of hydrogen-bond donors (Lipinski definition) is 1. The lowest BCUT2D eigenvalue weighted by atomic mass is 10.0. The molecule has 6 heteroatoms. The Balaban J connectivity index is 2.09. The first-order valence-corrected chi connectivity index (χ1v) is 6.97. The summed E-state index contributed by atoms with van der Waals surface area (Å²) in [6, 6.07) is 8.12. The second kappa shape index (κ2) is 6.54. The Kier molecular flexibility index (Phi) is 4.75. The van der Waals surface area contributed by atoms with Crippen molar-refractivity contribution in [3.8, 4) is 0 Å². The zero-order chi connectivity index (χ0) is 15.4. The van der Waals surface area contributed by atoms with E-state index in [4.69, 9.17) is 11.6 Å². The van der Waals surface area contributed by atoms with Gasteiger partial charge in [0.15, 0.2) is 0 Å². The van der Waals surface area contributed by atoms with Gasteiger partial charge in [0.1, 0.15) is 10.7 Å². The molecule has 110 valence electrons. The molecule has 1 aromatic carbocycles. The van der Waals surface area contributed by atoms with Gasteiger partial charge in [0.25, 0.3) is 5.56 Å². The minimum atomic E-state index is -0.363. The Hall–Kier alpha value is -2.14. The lowest BCUT2D eigenvalue weighted by molar-refractivity contribution is 0.708. The Morgan fingerprint density at radius 1 is 1.33 bits per heavy atom. The lowest BCUT2D eigenvalue weighted by Crippen LogP contribution is -2.20. The molecule has 0 amide bonds. The topological polar surface area (TPSA) is 59.3 Å². The number of hydrogen-bond acceptors (Lipinski definition) is 4. The molecule has 0 spiro atoms. The lowest BCUT2D eigenvalue weighted by Gasteiger charge is -2.05. The molecule has 0 unspecified atom stereocenters. The number of anilines is 1. The Bertz CT molecular complexity index is 705. The summed E-state index contributed by atoms with van der Waals surface area (Å²) in [6.45, 7) is 4.30. The monoisotopic (exact) mass is 304 g/mol. The summed E-state index contributed by atoms with van der Waals surface area (Å²) in [7, 11) is 1.54. The van der Waals surface area contributed by atoms with Crippen LogP contribution in [0.3, 0.4) is 0 Å². The minimum Gasteiger partial charge on any atom is -0.275 e. The van der Waals surface area contributed by atoms with Gasteiger partial charge in [-0.15, -0.1) is 0 Å². The van der Waals surface area contributed by atoms with E-state index in [1.807, 2.05) is 12.1 Å². The number of nitrogens with zero attached hydrogens (tertiary/aromatic N) is 3. The molecule has 1 N–H and O–H groups in total. The first-order valence-electron chi connectivity index (χ1n) is 6.60. The van der Waals surface area contributed by atoms with Crippen LogP contribution in [0.5, 0.6) is 0 Å². The molecular weight excluding hydrogens is 288 g/mol. The average Bonchev–Trinajstić information content (AvgIpc) is 2.48. The summed E-state index contributed by atoms with van der Waals surface area (Å²) < 4.78 is 1.17. The summed E-state index contributed by atoms with van der Waals surface area (Å²) in [5.74, 6) is 0.500. The van der Waals surface area contributed by atoms with Gasteiger partial charge in [-0.2, -0.15) is 10.2 Å². The number of nitrogens with one attached hydrogen (secondary N) is 1. The van der Waals surface area contributed by atoms with Crippen molar-refractivity contribution in [2.24, 2.45) is 12.1 Å². The van der Waals surface area contributed by atoms with Crippen LogP contribution in [0.2, 0.25) is 5.02 Å². The molecule has 21 heavy (non-hydrogen) atoms. The summed E-state index contributed by atoms with van der Waals surface area (Å²) in [6.07, 6.45) is 3.13. The van der Waals surface area contributed by atoms with E-state index in [1.165, 1.54) is 23.5 Å². The number of hydrazone groups is 1. The van der Waals surface area contributed by atoms with Crippen LogP contribution in [0.1, 0.15) is 30.9 Å². The highest BCUT2D eigenvalue weighted by atomic mass is 35.5. The molecule has 0 saturated heterocycles. The van der Waals surface area contributed by atoms with Gasteiger partial charge in [-0.1, -0.05) is 49.7 Å². The fourth-order valence-electron chi connectivity index (χ4n) is 1.73. The predicted octanol–water partition coefficient (Wildman–Crippen LogP) is 3.00. The van der Waals surface area contributed by atoms with E-state index in [1.54, 1.807) is 6.21 Å². The summed E-state index contributed by atoms with van der Waals surface area (Å²) in [5.41, 5.74) is 4.98. The molecule has 1 heterocycles. The van der Waals surface area contributed by atoms with E-state index in [9.17, 15) is 4.79 Å². The third kappa shape index (κ3) is 3.70. The van der Waals surface area contributed by atoms with Gasteiger partial charge in [-0.05, 0) is 17.0 Å². The van der Waals surface area contributed by atoms with Crippen LogP contribution in [0.15, 0.2) is 40.4 Å². The van der Waals surface area contributed by atoms with Crippen molar-refractivity contribution in [3.63, 3.8) is 0 Å². The number of benzene rings is 1. The van der Waals surface area contributed by atoms with Crippen molar-refractivity contribution in [3.05, 3.63) is 57.0 Å². The third-order valence-electron chi connectivity index (χ3n) is 3.08. The van der Waals surface area contributed by atoms with Crippen LogP contribution in [0.25, 0.3) is 0 Å². The number of halogens is 1. The molecular formula is C15H17ClN4O. The third-order valence-corrected chi connectivity index (χ3v) is 3.45. The molecule has 0 atom stereocenters. The van der Waals surface area contributed by atoms with Crippen LogP contribution in [0.4, 0.5) is 5.69 Å². The van der Waals surface area contributed by atoms with E-state index < -0.39 is 0 Å². The smallest absolute Gasteiger partial charge is 0.275 e. The molecule has 0 aliphatic heterocycles. The zero-order valence-electron chi connectivity index (χ0n) is 12.2. The minimum absolute atomic E-state index is 0.0693. The predicted molar refractivity (Wildman–Crippen MR) is 86.2 cm³/mol. The molecule has 2 aromatic rings. The maximum atomic E-state index is 11.6. The molecule has 5 nitrogen and oxygen atoms in total. The standard InChI is InChI=1S/C15H17ClN4O/c1-10(2)12-6-4-11(5-7-12)8-17-19-13-9-18-20(3)15(21)14(13)16/h4-10,19H,1-3H3/b17-8-. The van der Waals surface area contributed by atoms with E-state index in [0.29, 0.717) is 11.6 Å². The normalized spacial score (nSPS) is 11.3. The van der Waals surface area contributed by atoms with E-state index in [0.717, 1.165) is 5.56 Å². The molecule has 2 rings (SSSR count). The van der Waals surface area contributed by atoms with Crippen LogP contribution < -0.4 is 11.0 Å². The highest BCUT2D eigenvalue weighted by Gasteiger charge is 2.05. The maximum absolute atomic E-state index is 11.6. The SMILES string of the molecule is CC(C)c1ccc(/C=N\Nc2cnn(C)c(=O)c2Cl)cc1. The molecule has 1 aromatic heterocycles. The molecule has 0 radical (unpaired) electrons. The molecule has 0 aliphatic carbocycles. The van der Waals surface area contributed by atoms with Crippen molar-refractivity contribution < 1.29 is 0 Å². The van der Waals surface area contributed by atoms with Gasteiger partial charge < -0.3 is 0 Å². The average molecular weight is 305 g/mol. The molecule has 0 fully saturated rings. The van der Waals surface area contributed by atoms with Crippen LogP contribution in [0, 0.1) is 0 Å². The largest absolute Gasteiger partial charge is 0.287 e. The number of aromatic nitrogens is 2. The van der Waals surface area contributed by atoms with Crippen molar-refractivity contribution in [1.82, 2.24) is 9.78 Å². The van der Waals surface area contributed by atoms with Crippen molar-refractivity contribution >= 4 is 23.5 Å². The van der Waals surface area contributed by atoms with Gasteiger partial charge in [-0.25, -0.2) is 4.68 Å². The fraction of sp³-hybridized carbons (Fsp3) is 0.267. The van der Waals surface area contributed by atoms with Gasteiger partial charge in [-0.3, -0.25) is 10.2 Å². The van der Waals surface area contributed by atoms with E-state index in [2.05, 4.69) is 41.6 Å². The molecule has 0 bridgehead atoms. The quantitative estimate of drug-likeness (QED) is 0.698. The summed E-state index contributed by atoms with van der Waals surface area (Å²) >= 11 is 5.93. The van der Waals surface area contributed by atoms with Gasteiger partial charge >= 0.3 is 0 Å². The van der Waals surface area contributed by atoms with Gasteiger partial charge in [0, 0.05) is 7.05 Å². The Morgan fingerprint density at radius 2 is 2.00 bits per heavy atom. The second-order valence-corrected chi connectivity index (χ2v) is 5.37. The van der Waals surface area contributed by atoms with Crippen LogP contribution in [-0.2, 0) is 7.05 Å². The van der Waals surface area contributed by atoms with E-state index in [-0.39, 0.29) is 10.6 Å². The van der Waals surface area contributed by atoms with Crippen molar-refractivity contribution in [2.45, 2.75) is 19.8 Å². The van der Waals surface area contributed by atoms with Crippen LogP contribution in [-0.4, -0.2) is 16.0 Å². The highest BCUT2D eigenvalue weighted by Crippen LogP contribution is 2.15. The first kappa shape index (κ1) is 15.3. The van der Waals surface area contributed by atoms with Crippen molar-refractivity contribution in [2.75, 3.05) is 5.43 Å². The maximum Gasteiger partial charge on any atom is 0.287 e. The van der Waals surface area contributed by atoms with Gasteiger partial charge in [0.2, 0.25) is 0 Å². The number of rotatable bonds is 4. The Labute approximate surface area is 128 Å². The summed E-state index contributed by atoms with van der Waals surface area (Å²) in [4.78, 5) is 11.6.